The Morgan fingerprint density at radius 3 is 2.31 bits per heavy atom. The third-order valence-corrected chi connectivity index (χ3v) is 9.26. The molecular formula is C26H18Cl2Zr. The molecule has 0 aliphatic heterocycles. The maximum Gasteiger partial charge on any atom is -1.00 e. The van der Waals surface area contributed by atoms with Crippen LogP contribution in [0.15, 0.2) is 88.2 Å². The van der Waals surface area contributed by atoms with Crippen LogP contribution in [-0.2, 0) is 29.7 Å². The molecule has 0 saturated heterocycles. The largest absolute Gasteiger partial charge is 1.00 e. The Balaban J connectivity index is 0.00000102. The average molecular weight is 493 g/mol. The topological polar surface area (TPSA) is 0 Å². The van der Waals surface area contributed by atoms with Crippen molar-refractivity contribution >= 4 is 24.8 Å². The van der Waals surface area contributed by atoms with Gasteiger partial charge in [-0.05, 0) is 0 Å². The number of halogens is 2. The Morgan fingerprint density at radius 2 is 1.48 bits per heavy atom. The molecule has 140 valence electrons. The van der Waals surface area contributed by atoms with Gasteiger partial charge in [0.1, 0.15) is 0 Å². The summed E-state index contributed by atoms with van der Waals surface area (Å²) in [5.74, 6) is 0. The molecule has 0 saturated carbocycles. The monoisotopic (exact) mass is 490 g/mol. The minimum Gasteiger partial charge on any atom is -1.00 e. The third-order valence-electron chi connectivity index (χ3n) is 5.87. The first-order valence-electron chi connectivity index (χ1n) is 9.57. The van der Waals surface area contributed by atoms with E-state index in [-0.39, 0.29) is 24.8 Å². The summed E-state index contributed by atoms with van der Waals surface area (Å²) >= 11 is -0.759. The predicted molar refractivity (Wildman–Crippen MR) is 111 cm³/mol. The van der Waals surface area contributed by atoms with Crippen LogP contribution >= 0.6 is 0 Å². The molecule has 0 radical (unpaired) electrons. The molecule has 3 heteroatoms. The zero-order valence-electron chi connectivity index (χ0n) is 15.8. The van der Waals surface area contributed by atoms with Gasteiger partial charge in [0.15, 0.2) is 0 Å². The fourth-order valence-electron chi connectivity index (χ4n) is 4.74. The van der Waals surface area contributed by atoms with Crippen LogP contribution in [0, 0.1) is 0 Å². The fourth-order valence-corrected chi connectivity index (χ4v) is 8.02. The summed E-state index contributed by atoms with van der Waals surface area (Å²) in [6.45, 7) is 0. The second-order valence-electron chi connectivity index (χ2n) is 7.41. The summed E-state index contributed by atoms with van der Waals surface area (Å²) in [6.07, 6.45) is 9.13. The molecular weight excluding hydrogens is 474 g/mol. The Labute approximate surface area is 195 Å². The van der Waals surface area contributed by atoms with Crippen molar-refractivity contribution < 1.29 is 48.0 Å². The molecule has 4 aromatic carbocycles. The molecule has 2 aliphatic carbocycles. The second-order valence-corrected chi connectivity index (χ2v) is 10.9. The van der Waals surface area contributed by atoms with Gasteiger partial charge in [0.25, 0.3) is 0 Å². The van der Waals surface area contributed by atoms with Crippen LogP contribution in [0.3, 0.4) is 0 Å². The standard InChI is InChI=1S/C21H13.C5H5.2ClH.Zr/c1-2-8-15-14(7-1)13-20-18-11-4-3-9-16(18)17-10-5-6-12-19(17)21(15)20;1-2-4-5-3-1;;;/h1-10,12H,13H2;1-3H,4H2;2*1H;/q;;;;+2/p-2. The van der Waals surface area contributed by atoms with E-state index < -0.39 is 23.2 Å². The van der Waals surface area contributed by atoms with Crippen molar-refractivity contribution in [2.24, 2.45) is 0 Å². The van der Waals surface area contributed by atoms with E-state index in [4.69, 9.17) is 0 Å². The predicted octanol–water partition coefficient (Wildman–Crippen LogP) is 0.124. The number of hydrogen-bond acceptors (Lipinski definition) is 0. The Bertz CT molecular complexity index is 1300. The minimum atomic E-state index is -0.759. The molecule has 0 amide bonds. The number of benzene rings is 4. The smallest absolute Gasteiger partial charge is 1.00 e. The average Bonchev–Trinajstić information content (AvgIpc) is 3.36. The van der Waals surface area contributed by atoms with E-state index in [2.05, 4.69) is 85.0 Å². The van der Waals surface area contributed by atoms with Crippen molar-refractivity contribution in [3.05, 3.63) is 99.4 Å². The molecule has 0 bridgehead atoms. The van der Waals surface area contributed by atoms with Crippen molar-refractivity contribution in [2.75, 3.05) is 0 Å². The zero-order valence-corrected chi connectivity index (χ0v) is 19.7. The first kappa shape index (κ1) is 20.6. The quantitative estimate of drug-likeness (QED) is 0.308. The SMILES string of the molecule is C1=CC[C]([Zr+2][c]2cccc3c2c2c(c4ccccc43)-c3ccccc3C2)=C1.[Cl-].[Cl-]. The fraction of sp³-hybridized carbons (Fsp3) is 0.0769. The Hall–Kier alpha value is -1.66. The van der Waals surface area contributed by atoms with Crippen molar-refractivity contribution in [2.45, 2.75) is 12.8 Å². The van der Waals surface area contributed by atoms with Gasteiger partial charge in [0.2, 0.25) is 0 Å². The van der Waals surface area contributed by atoms with Crippen LogP contribution in [0.25, 0.3) is 32.7 Å². The molecule has 29 heavy (non-hydrogen) atoms. The van der Waals surface area contributed by atoms with Gasteiger partial charge in [-0.15, -0.1) is 0 Å². The van der Waals surface area contributed by atoms with E-state index in [1.807, 2.05) is 0 Å². The summed E-state index contributed by atoms with van der Waals surface area (Å²) in [5.41, 5.74) is 5.96. The molecule has 0 heterocycles. The van der Waals surface area contributed by atoms with Gasteiger partial charge in [-0.1, -0.05) is 0 Å². The maximum absolute atomic E-state index is 2.41. The molecule has 0 spiro atoms. The van der Waals surface area contributed by atoms with Gasteiger partial charge in [0.05, 0.1) is 0 Å². The van der Waals surface area contributed by atoms with Gasteiger partial charge in [0, 0.05) is 0 Å². The normalized spacial score (nSPS) is 13.3. The summed E-state index contributed by atoms with van der Waals surface area (Å²) in [4.78, 5) is 0. The Kier molecular flexibility index (Phi) is 5.85. The van der Waals surface area contributed by atoms with Gasteiger partial charge in [-0.25, -0.2) is 0 Å². The molecule has 0 N–H and O–H groups in total. The van der Waals surface area contributed by atoms with E-state index in [9.17, 15) is 0 Å². The summed E-state index contributed by atoms with van der Waals surface area (Å²) in [7, 11) is 0. The molecule has 2 aliphatic rings. The van der Waals surface area contributed by atoms with E-state index in [1.54, 1.807) is 17.5 Å². The van der Waals surface area contributed by atoms with Crippen LogP contribution in [0.1, 0.15) is 17.5 Å². The minimum absolute atomic E-state index is 0. The summed E-state index contributed by atoms with van der Waals surface area (Å²) in [5, 5.41) is 5.82. The van der Waals surface area contributed by atoms with Gasteiger partial charge < -0.3 is 24.8 Å². The molecule has 4 aromatic rings. The van der Waals surface area contributed by atoms with E-state index in [0.29, 0.717) is 0 Å². The van der Waals surface area contributed by atoms with Gasteiger partial charge in [-0.3, -0.25) is 0 Å². The number of rotatable bonds is 2. The van der Waals surface area contributed by atoms with Crippen LogP contribution in [-0.4, -0.2) is 0 Å². The first-order valence-corrected chi connectivity index (χ1v) is 12.0. The Morgan fingerprint density at radius 1 is 0.724 bits per heavy atom. The third kappa shape index (κ3) is 3.25. The van der Waals surface area contributed by atoms with Crippen molar-refractivity contribution in [3.63, 3.8) is 0 Å². The molecule has 0 aromatic heterocycles. The van der Waals surface area contributed by atoms with Crippen molar-refractivity contribution in [1.29, 1.82) is 0 Å². The van der Waals surface area contributed by atoms with Gasteiger partial charge in [-0.2, -0.15) is 0 Å². The van der Waals surface area contributed by atoms with Crippen molar-refractivity contribution in [3.8, 4) is 11.1 Å². The molecule has 0 unspecified atom stereocenters. The second kappa shape index (κ2) is 8.23. The first-order chi connectivity index (χ1) is 13.4. The van der Waals surface area contributed by atoms with Crippen LogP contribution in [0.5, 0.6) is 0 Å². The zero-order chi connectivity index (χ0) is 17.8. The van der Waals surface area contributed by atoms with Crippen LogP contribution in [0.2, 0.25) is 0 Å². The van der Waals surface area contributed by atoms with E-state index in [0.717, 1.165) is 6.42 Å². The van der Waals surface area contributed by atoms with Crippen LogP contribution < -0.4 is 28.1 Å². The van der Waals surface area contributed by atoms with E-state index in [1.165, 1.54) is 39.3 Å². The molecule has 6 rings (SSSR count). The maximum atomic E-state index is 2.41. The van der Waals surface area contributed by atoms with Crippen molar-refractivity contribution in [1.82, 2.24) is 0 Å². The number of hydrogen-bond donors (Lipinski definition) is 0. The molecule has 0 atom stereocenters. The summed E-state index contributed by atoms with van der Waals surface area (Å²) < 4.78 is 3.32. The number of allylic oxidation sites excluding steroid dienone is 4. The van der Waals surface area contributed by atoms with E-state index >= 15 is 0 Å². The molecule has 0 nitrogen and oxygen atoms in total. The van der Waals surface area contributed by atoms with Crippen LogP contribution in [0.4, 0.5) is 0 Å². The number of fused-ring (bicyclic) bond motifs is 8. The molecule has 0 fully saturated rings. The summed E-state index contributed by atoms with van der Waals surface area (Å²) in [6, 6.07) is 25.0. The van der Waals surface area contributed by atoms with Gasteiger partial charge >= 0.3 is 171 Å².